The Balaban J connectivity index is 1.74. The summed E-state index contributed by atoms with van der Waals surface area (Å²) in [6, 6.07) is 13.3. The van der Waals surface area contributed by atoms with Gasteiger partial charge in [0.25, 0.3) is 11.8 Å². The van der Waals surface area contributed by atoms with Crippen LogP contribution in [0.3, 0.4) is 0 Å². The summed E-state index contributed by atoms with van der Waals surface area (Å²) in [5.41, 5.74) is 1.83. The molecule has 1 atom stereocenters. The molecule has 0 fully saturated rings. The monoisotopic (exact) mass is 365 g/mol. The molecule has 7 nitrogen and oxygen atoms in total. The maximum absolute atomic E-state index is 12.5. The first kappa shape index (κ1) is 18.3. The van der Waals surface area contributed by atoms with Crippen LogP contribution in [-0.2, 0) is 9.59 Å². The molecule has 4 amide bonds. The molecule has 2 N–H and O–H groups in total. The first-order chi connectivity index (χ1) is 12.9. The van der Waals surface area contributed by atoms with Gasteiger partial charge in [0.2, 0.25) is 11.8 Å². The van der Waals surface area contributed by atoms with Crippen LogP contribution in [0, 0.1) is 0 Å². The molecule has 0 spiro atoms. The molecule has 0 radical (unpaired) electrons. The van der Waals surface area contributed by atoms with Crippen LogP contribution < -0.4 is 10.6 Å². The highest BCUT2D eigenvalue weighted by atomic mass is 16.2. The quantitative estimate of drug-likeness (QED) is 0.794. The van der Waals surface area contributed by atoms with Gasteiger partial charge in [-0.25, -0.2) is 0 Å². The van der Waals surface area contributed by atoms with E-state index in [2.05, 4.69) is 10.6 Å². The molecular formula is C20H19N3O4. The van der Waals surface area contributed by atoms with E-state index < -0.39 is 11.9 Å². The van der Waals surface area contributed by atoms with E-state index in [9.17, 15) is 19.2 Å². The zero-order chi connectivity index (χ0) is 19.6. The van der Waals surface area contributed by atoms with E-state index in [0.29, 0.717) is 11.3 Å². The molecule has 7 heteroatoms. The number of nitrogens with zero attached hydrogens (tertiary/aromatic N) is 1. The van der Waals surface area contributed by atoms with Crippen molar-refractivity contribution >= 4 is 29.3 Å². The van der Waals surface area contributed by atoms with Crippen LogP contribution in [0.15, 0.2) is 48.5 Å². The molecule has 27 heavy (non-hydrogen) atoms. The number of amides is 4. The number of nitrogens with one attached hydrogen (secondary N) is 2. The van der Waals surface area contributed by atoms with Gasteiger partial charge in [0.15, 0.2) is 0 Å². The predicted octanol–water partition coefficient (Wildman–Crippen LogP) is 2.12. The lowest BCUT2D eigenvalue weighted by molar-refractivity contribution is -0.120. The molecule has 2 aromatic rings. The third kappa shape index (κ3) is 3.87. The minimum Gasteiger partial charge on any atom is -0.349 e. The molecule has 1 aliphatic heterocycles. The highest BCUT2D eigenvalue weighted by Crippen LogP contribution is 2.25. The zero-order valence-corrected chi connectivity index (χ0v) is 15.0. The molecule has 138 valence electrons. The average molecular weight is 365 g/mol. The summed E-state index contributed by atoms with van der Waals surface area (Å²) in [5, 5.41) is 5.49. The molecular weight excluding hydrogens is 346 g/mol. The van der Waals surface area contributed by atoms with Crippen LogP contribution in [0.5, 0.6) is 0 Å². The van der Waals surface area contributed by atoms with Gasteiger partial charge in [-0.2, -0.15) is 0 Å². The number of carbonyl (C=O) groups excluding carboxylic acids is 4. The highest BCUT2D eigenvalue weighted by molar-refractivity contribution is 6.21. The number of imide groups is 1. The van der Waals surface area contributed by atoms with Gasteiger partial charge in [0.1, 0.15) is 0 Å². The topological polar surface area (TPSA) is 95.6 Å². The normalized spacial score (nSPS) is 13.9. The number of anilines is 1. The van der Waals surface area contributed by atoms with Crippen molar-refractivity contribution in [2.24, 2.45) is 0 Å². The second-order valence-corrected chi connectivity index (χ2v) is 6.35. The first-order valence-electron chi connectivity index (χ1n) is 8.45. The van der Waals surface area contributed by atoms with Crippen molar-refractivity contribution in [1.82, 2.24) is 10.2 Å². The molecule has 0 unspecified atom stereocenters. The maximum atomic E-state index is 12.5. The van der Waals surface area contributed by atoms with Gasteiger partial charge < -0.3 is 10.6 Å². The number of rotatable bonds is 5. The van der Waals surface area contributed by atoms with Crippen LogP contribution in [0.2, 0.25) is 0 Å². The fourth-order valence-electron chi connectivity index (χ4n) is 3.02. The molecule has 0 aromatic heterocycles. The molecule has 2 aromatic carbocycles. The minimum absolute atomic E-state index is 0.0352. The predicted molar refractivity (Wildman–Crippen MR) is 99.1 cm³/mol. The lowest BCUT2D eigenvalue weighted by Gasteiger charge is -2.18. The first-order valence-corrected chi connectivity index (χ1v) is 8.45. The van der Waals surface area contributed by atoms with Gasteiger partial charge in [-0.15, -0.1) is 0 Å². The van der Waals surface area contributed by atoms with Crippen molar-refractivity contribution in [2.45, 2.75) is 19.4 Å². The summed E-state index contributed by atoms with van der Waals surface area (Å²) in [6.07, 6.45) is 0.0352. The second kappa shape index (κ2) is 7.41. The Bertz CT molecular complexity index is 924. The number of carbonyl (C=O) groups is 4. The van der Waals surface area contributed by atoms with E-state index in [1.54, 1.807) is 6.07 Å². The van der Waals surface area contributed by atoms with Gasteiger partial charge in [-0.1, -0.05) is 30.3 Å². The Morgan fingerprint density at radius 1 is 1.00 bits per heavy atom. The summed E-state index contributed by atoms with van der Waals surface area (Å²) in [4.78, 5) is 49.0. The van der Waals surface area contributed by atoms with Crippen molar-refractivity contribution in [3.63, 3.8) is 0 Å². The van der Waals surface area contributed by atoms with E-state index in [1.165, 1.54) is 26.1 Å². The molecule has 0 aliphatic carbocycles. The Morgan fingerprint density at radius 2 is 1.67 bits per heavy atom. The summed E-state index contributed by atoms with van der Waals surface area (Å²) in [6.45, 7) is 1.40. The highest BCUT2D eigenvalue weighted by Gasteiger charge is 2.32. The van der Waals surface area contributed by atoms with Crippen molar-refractivity contribution in [3.8, 4) is 0 Å². The van der Waals surface area contributed by atoms with Crippen LogP contribution in [0.4, 0.5) is 5.69 Å². The molecule has 0 saturated carbocycles. The number of benzene rings is 2. The largest absolute Gasteiger partial charge is 0.349 e. The molecule has 1 aliphatic rings. The summed E-state index contributed by atoms with van der Waals surface area (Å²) < 4.78 is 0. The average Bonchev–Trinajstić information content (AvgIpc) is 2.85. The smallest absolute Gasteiger partial charge is 0.261 e. The van der Waals surface area contributed by atoms with Crippen molar-refractivity contribution in [2.75, 3.05) is 12.4 Å². The maximum Gasteiger partial charge on any atom is 0.261 e. The Labute approximate surface area is 156 Å². The standard InChI is InChI=1S/C20H19N3O4/c1-12(24)21-17(13-6-4-3-5-7-13)11-18(25)22-14-8-9-15-16(10-14)20(27)23(2)19(15)26/h3-10,17H,11H2,1-2H3,(H,21,24)(H,22,25)/t17-/m0/s1. The van der Waals surface area contributed by atoms with E-state index in [1.807, 2.05) is 30.3 Å². The number of hydrogen-bond donors (Lipinski definition) is 2. The number of fused-ring (bicyclic) bond motifs is 1. The lowest BCUT2D eigenvalue weighted by Crippen LogP contribution is -2.29. The summed E-state index contributed by atoms with van der Waals surface area (Å²) in [5.74, 6) is -1.31. The van der Waals surface area contributed by atoms with E-state index >= 15 is 0 Å². The minimum atomic E-state index is -0.465. The van der Waals surface area contributed by atoms with Crippen LogP contribution in [-0.4, -0.2) is 35.6 Å². The third-order valence-electron chi connectivity index (χ3n) is 4.34. The van der Waals surface area contributed by atoms with E-state index in [0.717, 1.165) is 10.5 Å². The van der Waals surface area contributed by atoms with Crippen molar-refractivity contribution < 1.29 is 19.2 Å². The molecule has 3 rings (SSSR count). The van der Waals surface area contributed by atoms with Gasteiger partial charge >= 0.3 is 0 Å². The van der Waals surface area contributed by atoms with Gasteiger partial charge in [0, 0.05) is 19.7 Å². The number of hydrogen-bond acceptors (Lipinski definition) is 4. The fourth-order valence-corrected chi connectivity index (χ4v) is 3.02. The SMILES string of the molecule is CC(=O)N[C@@H](CC(=O)Nc1ccc2c(c1)C(=O)N(C)C2=O)c1ccccc1. The van der Waals surface area contributed by atoms with E-state index in [-0.39, 0.29) is 29.7 Å². The van der Waals surface area contributed by atoms with Crippen molar-refractivity contribution in [1.29, 1.82) is 0 Å². The molecule has 0 saturated heterocycles. The molecule has 0 bridgehead atoms. The summed E-state index contributed by atoms with van der Waals surface area (Å²) in [7, 11) is 1.42. The van der Waals surface area contributed by atoms with Gasteiger partial charge in [-0.05, 0) is 23.8 Å². The van der Waals surface area contributed by atoms with E-state index in [4.69, 9.17) is 0 Å². The summed E-state index contributed by atoms with van der Waals surface area (Å²) >= 11 is 0. The second-order valence-electron chi connectivity index (χ2n) is 6.35. The van der Waals surface area contributed by atoms with Crippen molar-refractivity contribution in [3.05, 3.63) is 65.2 Å². The van der Waals surface area contributed by atoms with Crippen LogP contribution in [0.1, 0.15) is 45.7 Å². The molecule has 1 heterocycles. The Kier molecular flexibility index (Phi) is 5.03. The van der Waals surface area contributed by atoms with Gasteiger partial charge in [0.05, 0.1) is 23.6 Å². The van der Waals surface area contributed by atoms with Crippen LogP contribution in [0.25, 0.3) is 0 Å². The third-order valence-corrected chi connectivity index (χ3v) is 4.34. The van der Waals surface area contributed by atoms with Crippen LogP contribution >= 0.6 is 0 Å². The zero-order valence-electron chi connectivity index (χ0n) is 15.0. The lowest BCUT2D eigenvalue weighted by atomic mass is 10.0. The Morgan fingerprint density at radius 3 is 2.33 bits per heavy atom. The fraction of sp³-hybridized carbons (Fsp3) is 0.200. The van der Waals surface area contributed by atoms with Gasteiger partial charge in [-0.3, -0.25) is 24.1 Å². The Hall–Kier alpha value is -3.48.